The highest BCUT2D eigenvalue weighted by Crippen LogP contribution is 2.32. The Morgan fingerprint density at radius 1 is 1.19 bits per heavy atom. The molecule has 1 fully saturated rings. The number of halogens is 1. The monoisotopic (exact) mass is 476 g/mol. The Hall–Kier alpha value is -2.36. The van der Waals surface area contributed by atoms with Gasteiger partial charge in [-0.2, -0.15) is 10.2 Å². The third-order valence-corrected chi connectivity index (χ3v) is 7.44. The second-order valence-electron chi connectivity index (χ2n) is 8.60. The number of anilines is 1. The molecule has 3 aromatic rings. The Morgan fingerprint density at radius 3 is 2.69 bits per heavy atom. The zero-order chi connectivity index (χ0) is 22.7. The van der Waals surface area contributed by atoms with Crippen LogP contribution in [-0.4, -0.2) is 28.0 Å². The largest absolute Gasteiger partial charge is 0.379 e. The molecule has 0 saturated heterocycles. The lowest BCUT2D eigenvalue weighted by atomic mass is 9.93. The van der Waals surface area contributed by atoms with Gasteiger partial charge in [0, 0.05) is 24.6 Å². The molecule has 4 rings (SSSR count). The summed E-state index contributed by atoms with van der Waals surface area (Å²) in [6.07, 6.45) is 7.25. The van der Waals surface area contributed by atoms with Crippen LogP contribution in [-0.2, 0) is 29.7 Å². The molecule has 10 heteroatoms. The standard InChI is InChI=1S/C22H29ClN6O2S/c1-16(2)15-28-11-9-18(27-28)13-26-32(30,31)22-7-6-17(12-21(22)23)24-14-20-8-10-25-29(20)19-4-3-5-19/h6-12,16,19,24,26H,3-5,13-15H2,1-2H3. The minimum Gasteiger partial charge on any atom is -0.379 e. The van der Waals surface area contributed by atoms with Crippen molar-refractivity contribution in [2.45, 2.75) is 63.7 Å². The maximum Gasteiger partial charge on any atom is 0.242 e. The van der Waals surface area contributed by atoms with Crippen LogP contribution in [0.3, 0.4) is 0 Å². The Balaban J connectivity index is 1.37. The van der Waals surface area contributed by atoms with Gasteiger partial charge in [-0.1, -0.05) is 25.4 Å². The summed E-state index contributed by atoms with van der Waals surface area (Å²) in [4.78, 5) is 0.0471. The minimum atomic E-state index is -3.76. The van der Waals surface area contributed by atoms with Gasteiger partial charge < -0.3 is 5.32 Å². The zero-order valence-corrected chi connectivity index (χ0v) is 19.9. The van der Waals surface area contributed by atoms with Crippen molar-refractivity contribution in [3.8, 4) is 0 Å². The smallest absolute Gasteiger partial charge is 0.242 e. The van der Waals surface area contributed by atoms with E-state index in [4.69, 9.17) is 11.6 Å². The predicted molar refractivity (Wildman–Crippen MR) is 125 cm³/mol. The van der Waals surface area contributed by atoms with Gasteiger partial charge in [-0.05, 0) is 55.5 Å². The van der Waals surface area contributed by atoms with Crippen LogP contribution in [0.4, 0.5) is 5.69 Å². The molecule has 32 heavy (non-hydrogen) atoms. The summed E-state index contributed by atoms with van der Waals surface area (Å²) in [5.41, 5.74) is 2.51. The van der Waals surface area contributed by atoms with Crippen molar-refractivity contribution in [2.75, 3.05) is 5.32 Å². The van der Waals surface area contributed by atoms with Gasteiger partial charge in [-0.15, -0.1) is 0 Å². The summed E-state index contributed by atoms with van der Waals surface area (Å²) in [5, 5.41) is 12.3. The number of benzene rings is 1. The van der Waals surface area contributed by atoms with Crippen LogP contribution < -0.4 is 10.0 Å². The van der Waals surface area contributed by atoms with E-state index in [1.165, 1.54) is 12.5 Å². The van der Waals surface area contributed by atoms with E-state index < -0.39 is 10.0 Å². The first-order chi connectivity index (χ1) is 15.3. The Kier molecular flexibility index (Phi) is 6.88. The molecule has 0 amide bonds. The van der Waals surface area contributed by atoms with Gasteiger partial charge in [0.25, 0.3) is 0 Å². The molecule has 1 saturated carbocycles. The molecule has 1 aromatic carbocycles. The molecular weight excluding hydrogens is 448 g/mol. The summed E-state index contributed by atoms with van der Waals surface area (Å²) in [6.45, 7) is 5.69. The highest BCUT2D eigenvalue weighted by molar-refractivity contribution is 7.89. The quantitative estimate of drug-likeness (QED) is 0.457. The van der Waals surface area contributed by atoms with Gasteiger partial charge in [-0.25, -0.2) is 13.1 Å². The molecule has 0 radical (unpaired) electrons. The molecule has 0 bridgehead atoms. The molecule has 0 aliphatic heterocycles. The summed E-state index contributed by atoms with van der Waals surface area (Å²) < 4.78 is 32.0. The number of nitrogens with zero attached hydrogens (tertiary/aromatic N) is 4. The molecule has 0 unspecified atom stereocenters. The number of sulfonamides is 1. The molecule has 8 nitrogen and oxygen atoms in total. The van der Waals surface area contributed by atoms with Crippen molar-refractivity contribution in [1.82, 2.24) is 24.3 Å². The maximum atomic E-state index is 12.8. The van der Waals surface area contributed by atoms with Crippen molar-refractivity contribution in [1.29, 1.82) is 0 Å². The zero-order valence-electron chi connectivity index (χ0n) is 18.3. The van der Waals surface area contributed by atoms with E-state index in [0.29, 0.717) is 24.2 Å². The van der Waals surface area contributed by atoms with Crippen molar-refractivity contribution < 1.29 is 8.42 Å². The summed E-state index contributed by atoms with van der Waals surface area (Å²) >= 11 is 6.33. The molecule has 2 N–H and O–H groups in total. The third-order valence-electron chi connectivity index (χ3n) is 5.56. The highest BCUT2D eigenvalue weighted by atomic mass is 35.5. The molecule has 0 atom stereocenters. The first kappa shape index (κ1) is 22.8. The molecule has 1 aliphatic rings. The average Bonchev–Trinajstić information content (AvgIpc) is 3.32. The molecule has 0 spiro atoms. The lowest BCUT2D eigenvalue weighted by Gasteiger charge is -2.27. The van der Waals surface area contributed by atoms with Crippen LogP contribution in [0.15, 0.2) is 47.6 Å². The lowest BCUT2D eigenvalue weighted by Crippen LogP contribution is -2.24. The number of hydrogen-bond acceptors (Lipinski definition) is 5. The van der Waals surface area contributed by atoms with Gasteiger partial charge in [-0.3, -0.25) is 9.36 Å². The normalized spacial score (nSPS) is 14.6. The van der Waals surface area contributed by atoms with Crippen LogP contribution in [0.1, 0.15) is 50.5 Å². The van der Waals surface area contributed by atoms with Crippen LogP contribution in [0.2, 0.25) is 5.02 Å². The first-order valence-electron chi connectivity index (χ1n) is 10.9. The van der Waals surface area contributed by atoms with E-state index in [0.717, 1.165) is 30.8 Å². The average molecular weight is 477 g/mol. The fourth-order valence-electron chi connectivity index (χ4n) is 3.68. The van der Waals surface area contributed by atoms with Gasteiger partial charge in [0.05, 0.1) is 35.5 Å². The number of rotatable bonds is 10. The van der Waals surface area contributed by atoms with Crippen LogP contribution in [0, 0.1) is 5.92 Å². The molecular formula is C22H29ClN6O2S. The SMILES string of the molecule is CC(C)Cn1ccc(CNS(=O)(=O)c2ccc(NCc3ccnn3C3CCC3)cc2Cl)n1. The van der Waals surface area contributed by atoms with Crippen molar-refractivity contribution in [2.24, 2.45) is 5.92 Å². The molecule has 2 aromatic heterocycles. The molecule has 2 heterocycles. The summed E-state index contributed by atoms with van der Waals surface area (Å²) in [6, 6.07) is 9.18. The Morgan fingerprint density at radius 2 is 2.00 bits per heavy atom. The lowest BCUT2D eigenvalue weighted by molar-refractivity contribution is 0.283. The Labute approximate surface area is 194 Å². The van der Waals surface area contributed by atoms with Crippen LogP contribution in [0.5, 0.6) is 0 Å². The van der Waals surface area contributed by atoms with Crippen molar-refractivity contribution >= 4 is 27.3 Å². The van der Waals surface area contributed by atoms with Gasteiger partial charge in [0.15, 0.2) is 0 Å². The van der Waals surface area contributed by atoms with E-state index in [1.807, 2.05) is 29.2 Å². The van der Waals surface area contributed by atoms with Gasteiger partial charge >= 0.3 is 0 Å². The number of hydrogen-bond donors (Lipinski definition) is 2. The predicted octanol–water partition coefficient (Wildman–Crippen LogP) is 4.20. The van der Waals surface area contributed by atoms with Crippen LogP contribution in [0.25, 0.3) is 0 Å². The molecule has 172 valence electrons. The highest BCUT2D eigenvalue weighted by Gasteiger charge is 2.22. The number of nitrogens with one attached hydrogen (secondary N) is 2. The second-order valence-corrected chi connectivity index (χ2v) is 10.7. The van der Waals surface area contributed by atoms with E-state index in [-0.39, 0.29) is 16.5 Å². The maximum absolute atomic E-state index is 12.8. The minimum absolute atomic E-state index is 0.0471. The third kappa shape index (κ3) is 5.33. The van der Waals surface area contributed by atoms with Crippen molar-refractivity contribution in [3.63, 3.8) is 0 Å². The Bertz CT molecular complexity index is 1170. The topological polar surface area (TPSA) is 93.8 Å². The van der Waals surface area contributed by atoms with E-state index >= 15 is 0 Å². The fraction of sp³-hybridized carbons (Fsp3) is 0.455. The van der Waals surface area contributed by atoms with Crippen LogP contribution >= 0.6 is 11.6 Å². The first-order valence-corrected chi connectivity index (χ1v) is 12.8. The van der Waals surface area contributed by atoms with Gasteiger partial charge in [0.1, 0.15) is 4.90 Å². The molecule has 1 aliphatic carbocycles. The fourth-order valence-corrected chi connectivity index (χ4v) is 5.23. The van der Waals surface area contributed by atoms with Crippen molar-refractivity contribution in [3.05, 3.63) is 59.1 Å². The number of aromatic nitrogens is 4. The van der Waals surface area contributed by atoms with E-state index in [1.54, 1.807) is 12.1 Å². The van der Waals surface area contributed by atoms with E-state index in [9.17, 15) is 8.42 Å². The second kappa shape index (κ2) is 9.64. The summed E-state index contributed by atoms with van der Waals surface area (Å²) in [7, 11) is -3.76. The summed E-state index contributed by atoms with van der Waals surface area (Å²) in [5.74, 6) is 0.462. The van der Waals surface area contributed by atoms with E-state index in [2.05, 4.69) is 38.8 Å². The van der Waals surface area contributed by atoms with Gasteiger partial charge in [0.2, 0.25) is 10.0 Å².